The summed E-state index contributed by atoms with van der Waals surface area (Å²) in [6.45, 7) is 4.69. The van der Waals surface area contributed by atoms with Gasteiger partial charge in [0.15, 0.2) is 0 Å². The van der Waals surface area contributed by atoms with Crippen molar-refractivity contribution in [2.45, 2.75) is 33.1 Å². The number of benzene rings is 2. The third-order valence-electron chi connectivity index (χ3n) is 5.78. The lowest BCUT2D eigenvalue weighted by Gasteiger charge is -2.20. The van der Waals surface area contributed by atoms with Crippen LogP contribution in [0.25, 0.3) is 0 Å². The van der Waals surface area contributed by atoms with Crippen molar-refractivity contribution in [1.29, 1.82) is 0 Å². The molecule has 1 unspecified atom stereocenters. The number of carbonyl (C=O) groups is 3. The lowest BCUT2D eigenvalue weighted by atomic mass is 10.1. The Hall–Kier alpha value is -3.15. The molecule has 0 aromatic heterocycles. The molecule has 1 atom stereocenters. The minimum atomic E-state index is -0.380. The van der Waals surface area contributed by atoms with E-state index in [-0.39, 0.29) is 30.1 Å². The van der Waals surface area contributed by atoms with Gasteiger partial charge in [0.2, 0.25) is 17.7 Å². The van der Waals surface area contributed by atoms with Crippen molar-refractivity contribution in [3.05, 3.63) is 53.6 Å². The lowest BCUT2D eigenvalue weighted by molar-refractivity contribution is -0.122. The molecule has 1 fully saturated rings. The second-order valence-corrected chi connectivity index (χ2v) is 7.64. The number of hydrogen-bond acceptors (Lipinski definition) is 3. The molecule has 1 N–H and O–H groups in total. The topological polar surface area (TPSA) is 69.7 Å². The summed E-state index contributed by atoms with van der Waals surface area (Å²) in [7, 11) is 0. The number of anilines is 3. The number of carbonyl (C=O) groups excluding carboxylic acids is 3. The van der Waals surface area contributed by atoms with Crippen molar-refractivity contribution in [3.8, 4) is 0 Å². The standard InChI is InChI=1S/C23H25N3O3/c1-3-16-6-4-5-7-20(16)26-14-18(13-22(26)28)23(29)24-19-8-9-21-17(12-19)10-11-25(21)15(2)27/h4-9,12,18H,3,10-11,13-14H2,1-2H3,(H,24,29). The number of nitrogens with one attached hydrogen (secondary N) is 1. The molecule has 2 aliphatic heterocycles. The van der Waals surface area contributed by atoms with Gasteiger partial charge < -0.3 is 15.1 Å². The second kappa shape index (κ2) is 7.70. The third-order valence-corrected chi connectivity index (χ3v) is 5.78. The summed E-state index contributed by atoms with van der Waals surface area (Å²) in [5.74, 6) is -0.514. The van der Waals surface area contributed by atoms with Gasteiger partial charge in [0.1, 0.15) is 0 Å². The van der Waals surface area contributed by atoms with Gasteiger partial charge in [-0.15, -0.1) is 0 Å². The van der Waals surface area contributed by atoms with Crippen LogP contribution >= 0.6 is 0 Å². The fourth-order valence-electron chi connectivity index (χ4n) is 4.24. The molecule has 0 bridgehead atoms. The molecule has 0 saturated carbocycles. The summed E-state index contributed by atoms with van der Waals surface area (Å²) in [6, 6.07) is 13.5. The smallest absolute Gasteiger partial charge is 0.229 e. The highest BCUT2D eigenvalue weighted by Gasteiger charge is 2.36. The van der Waals surface area contributed by atoms with Crippen LogP contribution in [0.4, 0.5) is 17.1 Å². The van der Waals surface area contributed by atoms with Gasteiger partial charge in [-0.3, -0.25) is 14.4 Å². The number of amides is 3. The number of fused-ring (bicyclic) bond motifs is 1. The van der Waals surface area contributed by atoms with E-state index in [1.54, 1.807) is 16.7 Å². The van der Waals surface area contributed by atoms with E-state index in [1.807, 2.05) is 42.5 Å². The number of para-hydroxylation sites is 1. The summed E-state index contributed by atoms with van der Waals surface area (Å²) >= 11 is 0. The third kappa shape index (κ3) is 3.62. The Labute approximate surface area is 170 Å². The molecule has 2 aromatic carbocycles. The quantitative estimate of drug-likeness (QED) is 0.870. The van der Waals surface area contributed by atoms with Crippen molar-refractivity contribution in [2.75, 3.05) is 28.2 Å². The van der Waals surface area contributed by atoms with Gasteiger partial charge >= 0.3 is 0 Å². The predicted molar refractivity (Wildman–Crippen MR) is 113 cm³/mol. The summed E-state index contributed by atoms with van der Waals surface area (Å²) in [4.78, 5) is 40.6. The monoisotopic (exact) mass is 391 g/mol. The summed E-state index contributed by atoms with van der Waals surface area (Å²) in [6.07, 6.45) is 1.83. The van der Waals surface area contributed by atoms with Crippen LogP contribution in [-0.4, -0.2) is 30.8 Å². The van der Waals surface area contributed by atoms with Crippen molar-refractivity contribution in [1.82, 2.24) is 0 Å². The molecule has 6 heteroatoms. The van der Waals surface area contributed by atoms with E-state index in [4.69, 9.17) is 0 Å². The van der Waals surface area contributed by atoms with Crippen LogP contribution < -0.4 is 15.1 Å². The zero-order valence-corrected chi connectivity index (χ0v) is 16.8. The number of nitrogens with zero attached hydrogens (tertiary/aromatic N) is 2. The first kappa shape index (κ1) is 19.2. The number of aryl methyl sites for hydroxylation is 1. The van der Waals surface area contributed by atoms with Crippen LogP contribution in [0.5, 0.6) is 0 Å². The minimum Gasteiger partial charge on any atom is -0.326 e. The van der Waals surface area contributed by atoms with Gasteiger partial charge in [0.05, 0.1) is 5.92 Å². The molecule has 2 aliphatic rings. The average Bonchev–Trinajstić information content (AvgIpc) is 3.31. The van der Waals surface area contributed by atoms with Crippen LogP contribution in [0.15, 0.2) is 42.5 Å². The van der Waals surface area contributed by atoms with E-state index in [0.29, 0.717) is 18.8 Å². The van der Waals surface area contributed by atoms with Gasteiger partial charge in [-0.1, -0.05) is 25.1 Å². The van der Waals surface area contributed by atoms with E-state index in [1.165, 1.54) is 0 Å². The normalized spacial score (nSPS) is 18.1. The molecule has 0 radical (unpaired) electrons. The number of hydrogen-bond donors (Lipinski definition) is 1. The molecule has 0 aliphatic carbocycles. The van der Waals surface area contributed by atoms with Crippen LogP contribution in [0, 0.1) is 5.92 Å². The minimum absolute atomic E-state index is 0.0166. The zero-order valence-electron chi connectivity index (χ0n) is 16.8. The molecule has 150 valence electrons. The molecule has 4 rings (SSSR count). The first-order valence-corrected chi connectivity index (χ1v) is 10.1. The zero-order chi connectivity index (χ0) is 20.5. The Balaban J connectivity index is 1.46. The van der Waals surface area contributed by atoms with Gasteiger partial charge in [-0.2, -0.15) is 0 Å². The lowest BCUT2D eigenvalue weighted by Crippen LogP contribution is -2.28. The Kier molecular flexibility index (Phi) is 5.09. The Morgan fingerprint density at radius 1 is 1.14 bits per heavy atom. The van der Waals surface area contributed by atoms with E-state index in [0.717, 1.165) is 35.3 Å². The van der Waals surface area contributed by atoms with Gasteiger partial charge in [0, 0.05) is 43.5 Å². The molecule has 2 aromatic rings. The highest BCUT2D eigenvalue weighted by Crippen LogP contribution is 2.32. The summed E-state index contributed by atoms with van der Waals surface area (Å²) < 4.78 is 0. The molecule has 29 heavy (non-hydrogen) atoms. The maximum atomic E-state index is 12.8. The molecule has 1 saturated heterocycles. The molecule has 0 spiro atoms. The molecule has 2 heterocycles. The highest BCUT2D eigenvalue weighted by atomic mass is 16.2. The molecule has 6 nitrogen and oxygen atoms in total. The molecular weight excluding hydrogens is 366 g/mol. The van der Waals surface area contributed by atoms with Crippen molar-refractivity contribution >= 4 is 34.8 Å². The maximum Gasteiger partial charge on any atom is 0.229 e. The second-order valence-electron chi connectivity index (χ2n) is 7.64. The first-order valence-electron chi connectivity index (χ1n) is 10.1. The Bertz CT molecular complexity index is 985. The Morgan fingerprint density at radius 2 is 1.93 bits per heavy atom. The van der Waals surface area contributed by atoms with Crippen LogP contribution in [-0.2, 0) is 27.2 Å². The molecule has 3 amide bonds. The average molecular weight is 391 g/mol. The Morgan fingerprint density at radius 3 is 2.69 bits per heavy atom. The maximum absolute atomic E-state index is 12.8. The van der Waals surface area contributed by atoms with E-state index in [9.17, 15) is 14.4 Å². The van der Waals surface area contributed by atoms with Gasteiger partial charge in [-0.05, 0) is 48.2 Å². The number of rotatable bonds is 4. The summed E-state index contributed by atoms with van der Waals surface area (Å²) in [5, 5.41) is 2.96. The fourth-order valence-corrected chi connectivity index (χ4v) is 4.24. The van der Waals surface area contributed by atoms with Crippen molar-refractivity contribution in [2.24, 2.45) is 5.92 Å². The van der Waals surface area contributed by atoms with E-state index >= 15 is 0 Å². The highest BCUT2D eigenvalue weighted by molar-refractivity contribution is 6.04. The van der Waals surface area contributed by atoms with E-state index in [2.05, 4.69) is 12.2 Å². The van der Waals surface area contributed by atoms with Crippen LogP contribution in [0.2, 0.25) is 0 Å². The SMILES string of the molecule is CCc1ccccc1N1CC(C(=O)Nc2ccc3c(c2)CCN3C(C)=O)CC1=O. The molecular formula is C23H25N3O3. The summed E-state index contributed by atoms with van der Waals surface area (Å²) in [5.41, 5.74) is 4.68. The van der Waals surface area contributed by atoms with E-state index < -0.39 is 0 Å². The predicted octanol–water partition coefficient (Wildman–Crippen LogP) is 3.15. The van der Waals surface area contributed by atoms with Crippen LogP contribution in [0.1, 0.15) is 31.4 Å². The van der Waals surface area contributed by atoms with Gasteiger partial charge in [0.25, 0.3) is 0 Å². The van der Waals surface area contributed by atoms with Gasteiger partial charge in [-0.25, -0.2) is 0 Å². The van der Waals surface area contributed by atoms with Crippen LogP contribution in [0.3, 0.4) is 0 Å². The van der Waals surface area contributed by atoms with Crippen molar-refractivity contribution < 1.29 is 14.4 Å². The fraction of sp³-hybridized carbons (Fsp3) is 0.348. The largest absolute Gasteiger partial charge is 0.326 e. The first-order chi connectivity index (χ1) is 14.0. The van der Waals surface area contributed by atoms with Crippen molar-refractivity contribution in [3.63, 3.8) is 0 Å².